The highest BCUT2D eigenvalue weighted by atomic mass is 16.4. The number of piperidine rings is 1. The quantitative estimate of drug-likeness (QED) is 0.910. The zero-order valence-electron chi connectivity index (χ0n) is 12.3. The summed E-state index contributed by atoms with van der Waals surface area (Å²) in [6, 6.07) is 1.75. The van der Waals surface area contributed by atoms with Gasteiger partial charge in [-0.2, -0.15) is 4.98 Å². The Morgan fingerprint density at radius 3 is 3.00 bits per heavy atom. The average molecular weight is 263 g/mol. The van der Waals surface area contributed by atoms with E-state index in [0.29, 0.717) is 18.1 Å². The highest BCUT2D eigenvalue weighted by Gasteiger charge is 2.37. The third-order valence-corrected chi connectivity index (χ3v) is 4.48. The van der Waals surface area contributed by atoms with Crippen LogP contribution in [-0.4, -0.2) is 35.1 Å². The average Bonchev–Trinajstić information content (AvgIpc) is 2.75. The maximum Gasteiger partial charge on any atom is 0.295 e. The van der Waals surface area contributed by atoms with E-state index in [1.54, 1.807) is 0 Å². The highest BCUT2D eigenvalue weighted by molar-refractivity contribution is 5.29. The van der Waals surface area contributed by atoms with Gasteiger partial charge in [-0.25, -0.2) is 0 Å². The van der Waals surface area contributed by atoms with Crippen LogP contribution in [0, 0.1) is 5.92 Å². The lowest BCUT2D eigenvalue weighted by Gasteiger charge is -2.42. The molecule has 2 atom stereocenters. The molecule has 0 spiro atoms. The van der Waals surface area contributed by atoms with Crippen molar-refractivity contribution in [2.45, 2.75) is 58.5 Å². The summed E-state index contributed by atoms with van der Waals surface area (Å²) in [6.45, 7) is 8.90. The van der Waals surface area contributed by atoms with Gasteiger partial charge in [-0.3, -0.25) is 4.90 Å². The lowest BCUT2D eigenvalue weighted by atomic mass is 9.79. The molecule has 1 aromatic heterocycles. The zero-order valence-corrected chi connectivity index (χ0v) is 12.3. The lowest BCUT2D eigenvalue weighted by Crippen LogP contribution is -2.48. The van der Waals surface area contributed by atoms with E-state index in [1.807, 2.05) is 0 Å². The Balaban J connectivity index is 1.80. The van der Waals surface area contributed by atoms with Gasteiger partial charge in [0.2, 0.25) is 0 Å². The van der Waals surface area contributed by atoms with Crippen LogP contribution in [-0.2, 0) is 12.8 Å². The first kappa shape index (κ1) is 13.0. The molecule has 1 aliphatic heterocycles. The van der Waals surface area contributed by atoms with E-state index in [-0.39, 0.29) is 0 Å². The molecule has 0 unspecified atom stereocenters. The fraction of sp³-hybridized carbons (Fsp3) is 0.800. The second-order valence-corrected chi connectivity index (χ2v) is 6.19. The molecule has 0 amide bonds. The Hall–Kier alpha value is -1.03. The number of hydrogen-bond donors (Lipinski definition) is 1. The van der Waals surface area contributed by atoms with Crippen molar-refractivity contribution in [1.82, 2.24) is 9.88 Å². The number of likely N-dealkylation sites (N-methyl/N-ethyl adjacent to an activating group) is 1. The molecule has 2 aliphatic rings. The van der Waals surface area contributed by atoms with Crippen molar-refractivity contribution in [3.05, 3.63) is 11.5 Å². The van der Waals surface area contributed by atoms with E-state index in [4.69, 9.17) is 4.42 Å². The Bertz CT molecular complexity index is 441. The molecular weight excluding hydrogens is 238 g/mol. The number of aromatic nitrogens is 1. The topological polar surface area (TPSA) is 41.3 Å². The molecule has 1 N–H and O–H groups in total. The molecule has 1 aromatic rings. The Labute approximate surface area is 115 Å². The molecule has 3 rings (SSSR count). The first-order chi connectivity index (χ1) is 9.17. The van der Waals surface area contributed by atoms with Crippen molar-refractivity contribution in [2.24, 2.45) is 5.92 Å². The standard InChI is InChI=1S/C15H25N3O/c1-4-18-7-5-6-11-8-12-14(9-13(11)18)19-15(17-12)16-10(2)3/h10-11,13H,4-9H2,1-3H3,(H,16,17)/t11-,13-/m1/s1. The van der Waals surface area contributed by atoms with Gasteiger partial charge < -0.3 is 9.73 Å². The SMILES string of the molecule is CCN1CCC[C@@H]2Cc3nc(NC(C)C)oc3C[C@H]21. The number of likely N-dealkylation sites (tertiary alicyclic amines) is 1. The first-order valence-corrected chi connectivity index (χ1v) is 7.66. The second-order valence-electron chi connectivity index (χ2n) is 6.19. The highest BCUT2D eigenvalue weighted by Crippen LogP contribution is 2.35. The Morgan fingerprint density at radius 1 is 1.42 bits per heavy atom. The number of anilines is 1. The predicted octanol–water partition coefficient (Wildman–Crippen LogP) is 2.69. The van der Waals surface area contributed by atoms with Crippen LogP contribution in [0.15, 0.2) is 4.42 Å². The van der Waals surface area contributed by atoms with Gasteiger partial charge in [0.1, 0.15) is 5.76 Å². The van der Waals surface area contributed by atoms with Gasteiger partial charge in [0.05, 0.1) is 5.69 Å². The van der Waals surface area contributed by atoms with Crippen molar-refractivity contribution in [3.8, 4) is 0 Å². The number of nitrogens with zero attached hydrogens (tertiary/aromatic N) is 2. The van der Waals surface area contributed by atoms with E-state index in [1.165, 1.54) is 25.1 Å². The molecule has 2 heterocycles. The second kappa shape index (κ2) is 5.16. The van der Waals surface area contributed by atoms with Gasteiger partial charge in [0.25, 0.3) is 6.01 Å². The van der Waals surface area contributed by atoms with E-state index in [2.05, 4.69) is 36.0 Å². The molecule has 1 saturated heterocycles. The van der Waals surface area contributed by atoms with Crippen molar-refractivity contribution in [1.29, 1.82) is 0 Å². The summed E-state index contributed by atoms with van der Waals surface area (Å²) in [6.07, 6.45) is 4.82. The maximum absolute atomic E-state index is 5.91. The first-order valence-electron chi connectivity index (χ1n) is 7.66. The minimum absolute atomic E-state index is 0.370. The van der Waals surface area contributed by atoms with Gasteiger partial charge in [-0.15, -0.1) is 0 Å². The van der Waals surface area contributed by atoms with Crippen molar-refractivity contribution in [2.75, 3.05) is 18.4 Å². The summed E-state index contributed by atoms with van der Waals surface area (Å²) in [5, 5.41) is 3.28. The minimum atomic E-state index is 0.370. The normalized spacial score (nSPS) is 27.2. The summed E-state index contributed by atoms with van der Waals surface area (Å²) in [5.74, 6) is 1.89. The molecule has 19 heavy (non-hydrogen) atoms. The van der Waals surface area contributed by atoms with Crippen LogP contribution in [0.5, 0.6) is 0 Å². The van der Waals surface area contributed by atoms with Crippen LogP contribution in [0.25, 0.3) is 0 Å². The van der Waals surface area contributed by atoms with Gasteiger partial charge in [-0.05, 0) is 52.1 Å². The number of hydrogen-bond acceptors (Lipinski definition) is 4. The van der Waals surface area contributed by atoms with Crippen LogP contribution in [0.2, 0.25) is 0 Å². The van der Waals surface area contributed by atoms with Crippen LogP contribution >= 0.6 is 0 Å². The summed E-state index contributed by atoms with van der Waals surface area (Å²) < 4.78 is 5.91. The summed E-state index contributed by atoms with van der Waals surface area (Å²) in [7, 11) is 0. The largest absolute Gasteiger partial charge is 0.428 e. The van der Waals surface area contributed by atoms with Gasteiger partial charge in [0.15, 0.2) is 0 Å². The predicted molar refractivity (Wildman–Crippen MR) is 76.4 cm³/mol. The van der Waals surface area contributed by atoms with Crippen molar-refractivity contribution >= 4 is 6.01 Å². The summed E-state index contributed by atoms with van der Waals surface area (Å²) >= 11 is 0. The Kier molecular flexibility index (Phi) is 3.52. The monoisotopic (exact) mass is 263 g/mol. The lowest BCUT2D eigenvalue weighted by molar-refractivity contribution is 0.0851. The van der Waals surface area contributed by atoms with Crippen LogP contribution in [0.3, 0.4) is 0 Å². The zero-order chi connectivity index (χ0) is 13.4. The van der Waals surface area contributed by atoms with Crippen LogP contribution < -0.4 is 5.32 Å². The van der Waals surface area contributed by atoms with E-state index >= 15 is 0 Å². The number of rotatable bonds is 3. The van der Waals surface area contributed by atoms with Gasteiger partial charge in [-0.1, -0.05) is 6.92 Å². The number of nitrogens with one attached hydrogen (secondary N) is 1. The van der Waals surface area contributed by atoms with Crippen molar-refractivity contribution < 1.29 is 4.42 Å². The molecular formula is C15H25N3O. The van der Waals surface area contributed by atoms with E-state index in [0.717, 1.165) is 31.1 Å². The molecule has 0 radical (unpaired) electrons. The fourth-order valence-electron chi connectivity index (χ4n) is 3.59. The molecule has 1 aliphatic carbocycles. The van der Waals surface area contributed by atoms with E-state index in [9.17, 15) is 0 Å². The van der Waals surface area contributed by atoms with Crippen LogP contribution in [0.4, 0.5) is 6.01 Å². The molecule has 4 nitrogen and oxygen atoms in total. The van der Waals surface area contributed by atoms with Gasteiger partial charge >= 0.3 is 0 Å². The number of oxazole rings is 1. The third kappa shape index (κ3) is 2.50. The van der Waals surface area contributed by atoms with Gasteiger partial charge in [0, 0.05) is 18.5 Å². The molecule has 1 fully saturated rings. The minimum Gasteiger partial charge on any atom is -0.428 e. The smallest absolute Gasteiger partial charge is 0.295 e. The molecule has 4 heteroatoms. The van der Waals surface area contributed by atoms with E-state index < -0.39 is 0 Å². The maximum atomic E-state index is 5.91. The molecule has 0 aromatic carbocycles. The third-order valence-electron chi connectivity index (χ3n) is 4.48. The summed E-state index contributed by atoms with van der Waals surface area (Å²) in [4.78, 5) is 7.26. The molecule has 106 valence electrons. The Morgan fingerprint density at radius 2 is 2.26 bits per heavy atom. The number of fused-ring (bicyclic) bond motifs is 2. The van der Waals surface area contributed by atoms with Crippen molar-refractivity contribution in [3.63, 3.8) is 0 Å². The summed E-state index contributed by atoms with van der Waals surface area (Å²) in [5.41, 5.74) is 1.20. The molecule has 0 bridgehead atoms. The molecule has 0 saturated carbocycles. The fourth-order valence-corrected chi connectivity index (χ4v) is 3.59. The van der Waals surface area contributed by atoms with Crippen LogP contribution in [0.1, 0.15) is 45.1 Å².